The number of para-hydroxylation sites is 1. The summed E-state index contributed by atoms with van der Waals surface area (Å²) < 4.78 is 27.3. The Morgan fingerprint density at radius 2 is 1.96 bits per heavy atom. The van der Waals surface area contributed by atoms with E-state index in [9.17, 15) is 13.2 Å². The van der Waals surface area contributed by atoms with Crippen LogP contribution in [0.5, 0.6) is 0 Å². The third-order valence-electron chi connectivity index (χ3n) is 4.19. The number of hydrogen-bond acceptors (Lipinski definition) is 4. The van der Waals surface area contributed by atoms with Crippen LogP contribution in [0.25, 0.3) is 0 Å². The Bertz CT molecular complexity index is 858. The van der Waals surface area contributed by atoms with Gasteiger partial charge in [0.2, 0.25) is 5.91 Å². The van der Waals surface area contributed by atoms with E-state index in [0.717, 1.165) is 16.1 Å². The van der Waals surface area contributed by atoms with Crippen molar-refractivity contribution in [3.63, 3.8) is 0 Å². The number of aryl methyl sites for hydroxylation is 2. The summed E-state index contributed by atoms with van der Waals surface area (Å²) in [5, 5.41) is 2.87. The number of carbonyl (C=O) groups excluding carboxylic acids is 1. The van der Waals surface area contributed by atoms with Crippen LogP contribution in [-0.4, -0.2) is 31.2 Å². The summed E-state index contributed by atoms with van der Waals surface area (Å²) in [6, 6.07) is 10.2. The molecule has 0 bridgehead atoms. The van der Waals surface area contributed by atoms with E-state index in [1.807, 2.05) is 38.1 Å². The summed E-state index contributed by atoms with van der Waals surface area (Å²) in [7, 11) is -3.62. The van der Waals surface area contributed by atoms with Crippen LogP contribution >= 0.6 is 11.3 Å². The van der Waals surface area contributed by atoms with E-state index in [1.54, 1.807) is 12.1 Å². The van der Waals surface area contributed by atoms with Crippen LogP contribution in [0.15, 0.2) is 40.6 Å². The van der Waals surface area contributed by atoms with Crippen molar-refractivity contribution in [2.75, 3.05) is 11.9 Å². The van der Waals surface area contributed by atoms with Crippen molar-refractivity contribution in [3.8, 4) is 0 Å². The fourth-order valence-electron chi connectivity index (χ4n) is 2.89. The van der Waals surface area contributed by atoms with Crippen molar-refractivity contribution in [1.29, 1.82) is 0 Å². The predicted octanol–water partition coefficient (Wildman–Crippen LogP) is 3.16. The first-order chi connectivity index (χ1) is 11.4. The van der Waals surface area contributed by atoms with Crippen LogP contribution in [0, 0.1) is 13.8 Å². The second-order valence-electron chi connectivity index (χ2n) is 5.94. The molecule has 1 saturated heterocycles. The molecule has 1 aromatic heterocycles. The largest absolute Gasteiger partial charge is 0.324 e. The third-order valence-corrected chi connectivity index (χ3v) is 7.56. The summed E-state index contributed by atoms with van der Waals surface area (Å²) in [4.78, 5) is 13.6. The highest BCUT2D eigenvalue weighted by Gasteiger charge is 2.40. The van der Waals surface area contributed by atoms with E-state index in [0.29, 0.717) is 23.6 Å². The number of benzene rings is 1. The second-order valence-corrected chi connectivity index (χ2v) is 9.35. The number of thiophene rings is 1. The van der Waals surface area contributed by atoms with Gasteiger partial charge in [0, 0.05) is 17.1 Å². The number of nitrogens with zero attached hydrogens (tertiary/aromatic N) is 1. The van der Waals surface area contributed by atoms with Gasteiger partial charge in [0.1, 0.15) is 10.3 Å². The van der Waals surface area contributed by atoms with Crippen LogP contribution in [0.2, 0.25) is 0 Å². The van der Waals surface area contributed by atoms with Gasteiger partial charge in [-0.2, -0.15) is 4.31 Å². The molecule has 24 heavy (non-hydrogen) atoms. The molecule has 1 aromatic carbocycles. The monoisotopic (exact) mass is 364 g/mol. The van der Waals surface area contributed by atoms with E-state index in [1.165, 1.54) is 15.6 Å². The van der Waals surface area contributed by atoms with Gasteiger partial charge in [0.25, 0.3) is 10.0 Å². The van der Waals surface area contributed by atoms with E-state index in [-0.39, 0.29) is 5.91 Å². The molecule has 1 fully saturated rings. The minimum Gasteiger partial charge on any atom is -0.324 e. The van der Waals surface area contributed by atoms with Crippen LogP contribution in [0.4, 0.5) is 5.69 Å². The Hall–Kier alpha value is -1.70. The number of anilines is 1. The highest BCUT2D eigenvalue weighted by molar-refractivity contribution is 7.91. The first-order valence-electron chi connectivity index (χ1n) is 7.84. The van der Waals surface area contributed by atoms with Crippen molar-refractivity contribution in [1.82, 2.24) is 4.31 Å². The lowest BCUT2D eigenvalue weighted by atomic mass is 10.1. The number of nitrogens with one attached hydrogen (secondary N) is 1. The number of amides is 1. The van der Waals surface area contributed by atoms with E-state index >= 15 is 0 Å². The quantitative estimate of drug-likeness (QED) is 0.906. The maximum absolute atomic E-state index is 12.8. The van der Waals surface area contributed by atoms with Gasteiger partial charge in [0.05, 0.1) is 0 Å². The molecule has 1 atom stereocenters. The minimum absolute atomic E-state index is 0.265. The van der Waals surface area contributed by atoms with E-state index in [2.05, 4.69) is 5.32 Å². The van der Waals surface area contributed by atoms with Gasteiger partial charge in [0.15, 0.2) is 0 Å². The first kappa shape index (κ1) is 17.1. The third kappa shape index (κ3) is 3.24. The molecule has 1 N–H and O–H groups in total. The van der Waals surface area contributed by atoms with Gasteiger partial charge in [-0.15, -0.1) is 11.3 Å². The lowest BCUT2D eigenvalue weighted by Crippen LogP contribution is -2.42. The Morgan fingerprint density at radius 1 is 1.21 bits per heavy atom. The summed E-state index contributed by atoms with van der Waals surface area (Å²) >= 11 is 1.24. The molecule has 0 spiro atoms. The van der Waals surface area contributed by atoms with Crippen LogP contribution in [0.3, 0.4) is 0 Å². The van der Waals surface area contributed by atoms with Gasteiger partial charge in [-0.3, -0.25) is 4.79 Å². The standard InChI is InChI=1S/C17H20N2O3S2/c1-12-6-3-4-7-14(12)18-17(20)15-8-5-11-19(15)24(21,22)16-10-9-13(2)23-16/h3-4,6-7,9-10,15H,5,8,11H2,1-2H3,(H,18,20). The normalized spacial score (nSPS) is 18.7. The summed E-state index contributed by atoms with van der Waals surface area (Å²) in [6.45, 7) is 4.16. The molecule has 1 amide bonds. The lowest BCUT2D eigenvalue weighted by molar-refractivity contribution is -0.119. The Kier molecular flexibility index (Phi) is 4.76. The smallest absolute Gasteiger partial charge is 0.253 e. The van der Waals surface area contributed by atoms with Crippen molar-refractivity contribution in [2.45, 2.75) is 36.9 Å². The molecule has 1 aliphatic heterocycles. The Balaban J connectivity index is 1.83. The molecule has 128 valence electrons. The summed E-state index contributed by atoms with van der Waals surface area (Å²) in [5.41, 5.74) is 1.67. The van der Waals surface area contributed by atoms with Gasteiger partial charge >= 0.3 is 0 Å². The zero-order valence-corrected chi connectivity index (χ0v) is 15.3. The molecule has 5 nitrogen and oxygen atoms in total. The summed E-state index contributed by atoms with van der Waals surface area (Å²) in [6.07, 6.45) is 1.23. The molecular weight excluding hydrogens is 344 g/mol. The number of hydrogen-bond donors (Lipinski definition) is 1. The predicted molar refractivity (Wildman–Crippen MR) is 95.8 cm³/mol. The molecule has 0 saturated carbocycles. The van der Waals surface area contributed by atoms with E-state index < -0.39 is 16.1 Å². The molecule has 0 aliphatic carbocycles. The highest BCUT2D eigenvalue weighted by atomic mass is 32.2. The minimum atomic E-state index is -3.62. The molecule has 7 heteroatoms. The highest BCUT2D eigenvalue weighted by Crippen LogP contribution is 2.30. The summed E-state index contributed by atoms with van der Waals surface area (Å²) in [5.74, 6) is -0.265. The average Bonchev–Trinajstić information content (AvgIpc) is 3.18. The van der Waals surface area contributed by atoms with Gasteiger partial charge in [-0.25, -0.2) is 8.42 Å². The molecular formula is C17H20N2O3S2. The number of sulfonamides is 1. The van der Waals surface area contributed by atoms with Crippen molar-refractivity contribution in [3.05, 3.63) is 46.8 Å². The second kappa shape index (κ2) is 6.66. The SMILES string of the molecule is Cc1ccc(S(=O)(=O)N2CCCC2C(=O)Nc2ccccc2C)s1. The number of carbonyl (C=O) groups is 1. The molecule has 2 aromatic rings. The zero-order valence-electron chi connectivity index (χ0n) is 13.7. The van der Waals surface area contributed by atoms with Gasteiger partial charge in [-0.05, 0) is 50.5 Å². The maximum Gasteiger partial charge on any atom is 0.253 e. The lowest BCUT2D eigenvalue weighted by Gasteiger charge is -2.23. The average molecular weight is 364 g/mol. The van der Waals surface area contributed by atoms with Crippen LogP contribution in [-0.2, 0) is 14.8 Å². The fraction of sp³-hybridized carbons (Fsp3) is 0.353. The first-order valence-corrected chi connectivity index (χ1v) is 10.1. The zero-order chi connectivity index (χ0) is 17.3. The molecule has 0 radical (unpaired) electrons. The van der Waals surface area contributed by atoms with Crippen molar-refractivity contribution >= 4 is 33.0 Å². The fourth-order valence-corrected chi connectivity index (χ4v) is 5.95. The maximum atomic E-state index is 12.8. The van der Waals surface area contributed by atoms with Crippen LogP contribution < -0.4 is 5.32 Å². The van der Waals surface area contributed by atoms with Crippen molar-refractivity contribution in [2.24, 2.45) is 0 Å². The van der Waals surface area contributed by atoms with Crippen molar-refractivity contribution < 1.29 is 13.2 Å². The Labute approximate surface area is 146 Å². The molecule has 1 aliphatic rings. The molecule has 2 heterocycles. The van der Waals surface area contributed by atoms with Gasteiger partial charge < -0.3 is 5.32 Å². The molecule has 3 rings (SSSR count). The van der Waals surface area contributed by atoms with Gasteiger partial charge in [-0.1, -0.05) is 18.2 Å². The topological polar surface area (TPSA) is 66.5 Å². The number of rotatable bonds is 4. The molecule has 1 unspecified atom stereocenters. The Morgan fingerprint density at radius 3 is 2.62 bits per heavy atom. The van der Waals surface area contributed by atoms with E-state index in [4.69, 9.17) is 0 Å². The van der Waals surface area contributed by atoms with Crippen LogP contribution in [0.1, 0.15) is 23.3 Å².